The van der Waals surface area contributed by atoms with Gasteiger partial charge in [0.05, 0.1) is 0 Å². The van der Waals surface area contributed by atoms with Crippen LogP contribution in [0, 0.1) is 19.7 Å². The molecule has 1 aliphatic rings. The molecule has 1 aromatic carbocycles. The lowest BCUT2D eigenvalue weighted by atomic mass is 10.1. The third-order valence-corrected chi connectivity index (χ3v) is 5.69. The van der Waals surface area contributed by atoms with Gasteiger partial charge in [0, 0.05) is 29.7 Å². The van der Waals surface area contributed by atoms with Crippen molar-refractivity contribution in [2.75, 3.05) is 44.6 Å². The zero-order valence-electron chi connectivity index (χ0n) is 16.8. The number of hydrogen-bond acceptors (Lipinski definition) is 2. The highest BCUT2D eigenvalue weighted by atomic mass is 19.1. The van der Waals surface area contributed by atoms with E-state index in [2.05, 4.69) is 5.32 Å². The number of rotatable bonds is 6. The van der Waals surface area contributed by atoms with Crippen LogP contribution in [0.2, 0.25) is 0 Å². The summed E-state index contributed by atoms with van der Waals surface area (Å²) in [5.41, 5.74) is 3.54. The first-order valence-electron chi connectivity index (χ1n) is 9.72. The number of benzene rings is 1. The van der Waals surface area contributed by atoms with Crippen LogP contribution in [0.5, 0.6) is 0 Å². The molecule has 3 N–H and O–H groups in total. The molecule has 6 nitrogen and oxygen atoms in total. The Morgan fingerprint density at radius 2 is 1.61 bits per heavy atom. The maximum absolute atomic E-state index is 12.9. The molecule has 1 amide bonds. The fraction of sp³-hybridized carbons (Fsp3) is 0.429. The summed E-state index contributed by atoms with van der Waals surface area (Å²) >= 11 is 0. The van der Waals surface area contributed by atoms with Gasteiger partial charge in [-0.25, -0.2) is 4.39 Å². The number of carbonyl (C=O) groups is 2. The van der Waals surface area contributed by atoms with E-state index in [1.54, 1.807) is 12.1 Å². The zero-order chi connectivity index (χ0) is 20.3. The minimum absolute atomic E-state index is 0.0727. The summed E-state index contributed by atoms with van der Waals surface area (Å²) < 4.78 is 15.0. The largest absolute Gasteiger partial charge is 0.351 e. The summed E-state index contributed by atoms with van der Waals surface area (Å²) in [7, 11) is 1.98. The van der Waals surface area contributed by atoms with Crippen LogP contribution in [0.15, 0.2) is 30.3 Å². The molecular weight excluding hydrogens is 359 g/mol. The lowest BCUT2D eigenvalue weighted by Gasteiger charge is -2.29. The number of nitrogens with zero attached hydrogens (tertiary/aromatic N) is 1. The number of amides is 1. The molecule has 0 unspecified atom stereocenters. The number of anilines is 1. The van der Waals surface area contributed by atoms with Crippen LogP contribution in [0.25, 0.3) is 0 Å². The number of ketones is 1. The smallest absolute Gasteiger partial charge is 0.279 e. The molecule has 0 bridgehead atoms. The van der Waals surface area contributed by atoms with Gasteiger partial charge in [-0.05, 0) is 44.2 Å². The molecule has 2 aromatic rings. The van der Waals surface area contributed by atoms with Gasteiger partial charge in [-0.3, -0.25) is 9.59 Å². The standard InChI is InChI=1S/C21H27FN4O2/c1-15-12-19(16(2)24(15)3)20(27)13-25-8-10-26(11-9-25)14-21(28)23-18-6-4-17(22)5-7-18/h4-7,12H,8-11,13-14H2,1-3H3,(H,23,28)/p+2. The minimum Gasteiger partial charge on any atom is -0.351 e. The monoisotopic (exact) mass is 388 g/mol. The van der Waals surface area contributed by atoms with Crippen molar-refractivity contribution in [1.82, 2.24) is 4.57 Å². The van der Waals surface area contributed by atoms with Crippen molar-refractivity contribution in [2.45, 2.75) is 13.8 Å². The van der Waals surface area contributed by atoms with E-state index in [1.165, 1.54) is 21.9 Å². The number of hydrogen-bond donors (Lipinski definition) is 3. The number of quaternary nitrogens is 2. The SMILES string of the molecule is Cc1cc(C(=O)C[NH+]2CC[NH+](CC(=O)Nc3ccc(F)cc3)CC2)c(C)n1C. The molecule has 3 rings (SSSR count). The first-order valence-corrected chi connectivity index (χ1v) is 9.72. The molecule has 1 aliphatic heterocycles. The summed E-state index contributed by atoms with van der Waals surface area (Å²) in [5, 5.41) is 2.81. The molecule has 1 aromatic heterocycles. The summed E-state index contributed by atoms with van der Waals surface area (Å²) in [5.74, 6) is -0.205. The molecule has 28 heavy (non-hydrogen) atoms. The number of carbonyl (C=O) groups excluding carboxylic acids is 2. The van der Waals surface area contributed by atoms with Crippen LogP contribution < -0.4 is 15.1 Å². The Kier molecular flexibility index (Phi) is 6.26. The summed E-state index contributed by atoms with van der Waals surface area (Å²) in [4.78, 5) is 27.3. The fourth-order valence-electron chi connectivity index (χ4n) is 3.74. The van der Waals surface area contributed by atoms with E-state index in [0.29, 0.717) is 18.8 Å². The topological polar surface area (TPSA) is 60.0 Å². The van der Waals surface area contributed by atoms with E-state index in [1.807, 2.05) is 31.5 Å². The van der Waals surface area contributed by atoms with Crippen LogP contribution >= 0.6 is 0 Å². The van der Waals surface area contributed by atoms with Crippen molar-refractivity contribution in [3.05, 3.63) is 53.1 Å². The van der Waals surface area contributed by atoms with Gasteiger partial charge in [-0.2, -0.15) is 0 Å². The molecule has 1 fully saturated rings. The van der Waals surface area contributed by atoms with Gasteiger partial charge in [0.2, 0.25) is 5.78 Å². The highest BCUT2D eigenvalue weighted by Gasteiger charge is 2.27. The van der Waals surface area contributed by atoms with Gasteiger partial charge < -0.3 is 19.7 Å². The van der Waals surface area contributed by atoms with E-state index in [0.717, 1.165) is 43.1 Å². The van der Waals surface area contributed by atoms with Gasteiger partial charge in [-0.1, -0.05) is 0 Å². The quantitative estimate of drug-likeness (QED) is 0.578. The maximum atomic E-state index is 12.9. The molecular formula is C21H29FN4O2+2. The Balaban J connectivity index is 1.45. The fourth-order valence-corrected chi connectivity index (χ4v) is 3.74. The number of aryl methyl sites for hydroxylation is 1. The van der Waals surface area contributed by atoms with Crippen LogP contribution in [0.3, 0.4) is 0 Å². The number of halogens is 1. The van der Waals surface area contributed by atoms with Gasteiger partial charge in [0.1, 0.15) is 38.5 Å². The van der Waals surface area contributed by atoms with E-state index in [-0.39, 0.29) is 17.5 Å². The summed E-state index contributed by atoms with van der Waals surface area (Å²) in [6, 6.07) is 7.75. The van der Waals surface area contributed by atoms with Crippen molar-refractivity contribution in [2.24, 2.45) is 7.05 Å². The third kappa shape index (κ3) is 4.85. The second kappa shape index (κ2) is 8.67. The van der Waals surface area contributed by atoms with Crippen molar-refractivity contribution in [3.63, 3.8) is 0 Å². The van der Waals surface area contributed by atoms with E-state index < -0.39 is 0 Å². The molecule has 150 valence electrons. The molecule has 0 radical (unpaired) electrons. The zero-order valence-corrected chi connectivity index (χ0v) is 16.8. The van der Waals surface area contributed by atoms with Crippen LogP contribution in [-0.4, -0.2) is 55.5 Å². The maximum Gasteiger partial charge on any atom is 0.279 e. The second-order valence-corrected chi connectivity index (χ2v) is 7.68. The normalized spacial score (nSPS) is 19.4. The van der Waals surface area contributed by atoms with Crippen molar-refractivity contribution in [3.8, 4) is 0 Å². The van der Waals surface area contributed by atoms with E-state index in [9.17, 15) is 14.0 Å². The molecule has 0 spiro atoms. The predicted octanol–water partition coefficient (Wildman–Crippen LogP) is -0.614. The lowest BCUT2D eigenvalue weighted by Crippen LogP contribution is -3.28. The first-order chi connectivity index (χ1) is 13.3. The predicted molar refractivity (Wildman–Crippen MR) is 105 cm³/mol. The summed E-state index contributed by atoms with van der Waals surface area (Å²) in [6.45, 7) is 8.33. The number of aromatic nitrogens is 1. The Bertz CT molecular complexity index is 852. The van der Waals surface area contributed by atoms with E-state index >= 15 is 0 Å². The van der Waals surface area contributed by atoms with Gasteiger partial charge in [-0.15, -0.1) is 0 Å². The van der Waals surface area contributed by atoms with Crippen molar-refractivity contribution in [1.29, 1.82) is 0 Å². The Morgan fingerprint density at radius 3 is 2.14 bits per heavy atom. The van der Waals surface area contributed by atoms with Crippen molar-refractivity contribution >= 4 is 17.4 Å². The van der Waals surface area contributed by atoms with Gasteiger partial charge >= 0.3 is 0 Å². The minimum atomic E-state index is -0.321. The number of piperazine rings is 1. The Morgan fingerprint density at radius 1 is 1.04 bits per heavy atom. The number of nitrogens with one attached hydrogen (secondary N) is 3. The number of Topliss-reactive ketones (excluding diaryl/α,β-unsaturated/α-hetero) is 1. The Hall–Kier alpha value is -2.51. The molecule has 0 aliphatic carbocycles. The Labute approximate surface area is 164 Å². The van der Waals surface area contributed by atoms with Crippen molar-refractivity contribution < 1.29 is 23.8 Å². The average Bonchev–Trinajstić information content (AvgIpc) is 2.93. The highest BCUT2D eigenvalue weighted by molar-refractivity contribution is 5.98. The highest BCUT2D eigenvalue weighted by Crippen LogP contribution is 2.13. The summed E-state index contributed by atoms with van der Waals surface area (Å²) in [6.07, 6.45) is 0. The molecule has 7 heteroatoms. The molecule has 0 saturated carbocycles. The second-order valence-electron chi connectivity index (χ2n) is 7.68. The molecule has 1 saturated heterocycles. The van der Waals surface area contributed by atoms with Crippen LogP contribution in [-0.2, 0) is 11.8 Å². The van der Waals surface area contributed by atoms with Crippen LogP contribution in [0.4, 0.5) is 10.1 Å². The third-order valence-electron chi connectivity index (χ3n) is 5.69. The van der Waals surface area contributed by atoms with Crippen LogP contribution in [0.1, 0.15) is 21.7 Å². The van der Waals surface area contributed by atoms with Gasteiger partial charge in [0.15, 0.2) is 6.54 Å². The first kappa shape index (κ1) is 20.2. The average molecular weight is 388 g/mol. The molecule has 2 heterocycles. The molecule has 0 atom stereocenters. The lowest BCUT2D eigenvalue weighted by molar-refractivity contribution is -1.00. The van der Waals surface area contributed by atoms with E-state index in [4.69, 9.17) is 0 Å². The van der Waals surface area contributed by atoms with Gasteiger partial charge in [0.25, 0.3) is 5.91 Å².